The van der Waals surface area contributed by atoms with Crippen molar-refractivity contribution >= 4 is 11.7 Å². The van der Waals surface area contributed by atoms with Crippen LogP contribution in [0.25, 0.3) is 5.78 Å². The van der Waals surface area contributed by atoms with Crippen LogP contribution < -0.4 is 5.32 Å². The van der Waals surface area contributed by atoms with Gasteiger partial charge in [0.1, 0.15) is 5.69 Å². The van der Waals surface area contributed by atoms with Crippen molar-refractivity contribution in [3.63, 3.8) is 0 Å². The first kappa shape index (κ1) is 14.8. The Balaban J connectivity index is 1.58. The fourth-order valence-corrected chi connectivity index (χ4v) is 3.13. The zero-order valence-corrected chi connectivity index (χ0v) is 13.2. The molecule has 0 aromatic carbocycles. The van der Waals surface area contributed by atoms with Crippen LogP contribution in [-0.2, 0) is 7.05 Å². The third kappa shape index (κ3) is 2.65. The minimum atomic E-state index is -0.287. The number of aromatic nitrogens is 5. The SMILES string of the molecule is Cn1cc([C@H](NC(=O)c2cn3cccnc3n2)C2CC(O)C2)cn1. The van der Waals surface area contributed by atoms with E-state index in [2.05, 4.69) is 20.4 Å². The first-order valence-corrected chi connectivity index (χ1v) is 7.87. The van der Waals surface area contributed by atoms with Crippen LogP contribution in [0.5, 0.6) is 0 Å². The van der Waals surface area contributed by atoms with Gasteiger partial charge in [0.25, 0.3) is 5.91 Å². The quantitative estimate of drug-likeness (QED) is 0.736. The van der Waals surface area contributed by atoms with E-state index in [1.807, 2.05) is 13.2 Å². The largest absolute Gasteiger partial charge is 0.393 e. The van der Waals surface area contributed by atoms with E-state index >= 15 is 0 Å². The molecule has 8 heteroatoms. The normalized spacial score (nSPS) is 21.4. The molecule has 3 aromatic rings. The van der Waals surface area contributed by atoms with Crippen LogP contribution in [-0.4, -0.2) is 41.3 Å². The third-order valence-electron chi connectivity index (χ3n) is 4.46. The maximum absolute atomic E-state index is 12.6. The lowest BCUT2D eigenvalue weighted by Gasteiger charge is -2.37. The molecular formula is C16H18N6O2. The summed E-state index contributed by atoms with van der Waals surface area (Å²) in [4.78, 5) is 21.0. The molecule has 4 rings (SSSR count). The molecule has 3 aromatic heterocycles. The Hall–Kier alpha value is -2.74. The summed E-state index contributed by atoms with van der Waals surface area (Å²) in [7, 11) is 1.84. The number of hydrogen-bond donors (Lipinski definition) is 2. The molecule has 1 aliphatic carbocycles. The summed E-state index contributed by atoms with van der Waals surface area (Å²) in [5.41, 5.74) is 1.26. The fourth-order valence-electron chi connectivity index (χ4n) is 3.13. The minimum Gasteiger partial charge on any atom is -0.393 e. The lowest BCUT2D eigenvalue weighted by molar-refractivity contribution is 0.0234. The molecule has 1 saturated carbocycles. The molecule has 0 spiro atoms. The number of aliphatic hydroxyl groups is 1. The van der Waals surface area contributed by atoms with Crippen LogP contribution in [0.1, 0.15) is 34.9 Å². The molecule has 24 heavy (non-hydrogen) atoms. The summed E-state index contributed by atoms with van der Waals surface area (Å²) in [6, 6.07) is 1.59. The molecule has 3 heterocycles. The second kappa shape index (κ2) is 5.72. The molecule has 0 bridgehead atoms. The number of amides is 1. The maximum atomic E-state index is 12.6. The van der Waals surface area contributed by atoms with Crippen molar-refractivity contribution in [1.29, 1.82) is 0 Å². The van der Waals surface area contributed by atoms with Crippen molar-refractivity contribution in [2.45, 2.75) is 25.0 Å². The Morgan fingerprint density at radius 3 is 2.92 bits per heavy atom. The number of aliphatic hydroxyl groups excluding tert-OH is 1. The second-order valence-corrected chi connectivity index (χ2v) is 6.24. The van der Waals surface area contributed by atoms with Gasteiger partial charge < -0.3 is 10.4 Å². The topological polar surface area (TPSA) is 97.3 Å². The molecule has 8 nitrogen and oxygen atoms in total. The van der Waals surface area contributed by atoms with E-state index in [1.165, 1.54) is 0 Å². The number of nitrogens with zero attached hydrogens (tertiary/aromatic N) is 5. The van der Waals surface area contributed by atoms with Crippen LogP contribution in [0.2, 0.25) is 0 Å². The molecule has 2 N–H and O–H groups in total. The zero-order valence-electron chi connectivity index (χ0n) is 13.2. The van der Waals surface area contributed by atoms with Gasteiger partial charge in [-0.15, -0.1) is 0 Å². The van der Waals surface area contributed by atoms with Gasteiger partial charge in [-0.1, -0.05) is 0 Å². The molecule has 1 amide bonds. The number of nitrogens with one attached hydrogen (secondary N) is 1. The van der Waals surface area contributed by atoms with E-state index in [4.69, 9.17) is 0 Å². The van der Waals surface area contributed by atoms with Crippen molar-refractivity contribution in [2.24, 2.45) is 13.0 Å². The summed E-state index contributed by atoms with van der Waals surface area (Å²) in [6.45, 7) is 0. The highest BCUT2D eigenvalue weighted by atomic mass is 16.3. The standard InChI is InChI=1S/C16H18N6O2/c1-21-8-11(7-18-21)14(10-5-12(23)6-10)20-15(24)13-9-22-4-2-3-17-16(22)19-13/h2-4,7-10,12,14,23H,5-6H2,1H3,(H,20,24)/t10?,12?,14-/m1/s1. The minimum absolute atomic E-state index is 0.188. The van der Waals surface area contributed by atoms with Crippen LogP contribution >= 0.6 is 0 Å². The van der Waals surface area contributed by atoms with Crippen molar-refractivity contribution in [1.82, 2.24) is 29.5 Å². The van der Waals surface area contributed by atoms with E-state index < -0.39 is 0 Å². The lowest BCUT2D eigenvalue weighted by Crippen LogP contribution is -2.41. The van der Waals surface area contributed by atoms with Gasteiger partial charge in [-0.3, -0.25) is 13.9 Å². The molecule has 1 atom stereocenters. The lowest BCUT2D eigenvalue weighted by atomic mass is 9.75. The van der Waals surface area contributed by atoms with Crippen molar-refractivity contribution in [3.05, 3.63) is 48.3 Å². The van der Waals surface area contributed by atoms with E-state index in [1.54, 1.807) is 39.9 Å². The smallest absolute Gasteiger partial charge is 0.272 e. The van der Waals surface area contributed by atoms with Crippen molar-refractivity contribution in [3.8, 4) is 0 Å². The van der Waals surface area contributed by atoms with Crippen LogP contribution in [0.15, 0.2) is 37.1 Å². The second-order valence-electron chi connectivity index (χ2n) is 6.24. The summed E-state index contributed by atoms with van der Waals surface area (Å²) in [5, 5.41) is 16.8. The predicted molar refractivity (Wildman–Crippen MR) is 85.1 cm³/mol. The molecule has 0 aliphatic heterocycles. The molecule has 1 fully saturated rings. The highest BCUT2D eigenvalue weighted by Crippen LogP contribution is 2.38. The van der Waals surface area contributed by atoms with Crippen molar-refractivity contribution < 1.29 is 9.90 Å². The van der Waals surface area contributed by atoms with Crippen LogP contribution in [0.3, 0.4) is 0 Å². The number of carbonyl (C=O) groups is 1. The third-order valence-corrected chi connectivity index (χ3v) is 4.46. The highest BCUT2D eigenvalue weighted by Gasteiger charge is 2.36. The average Bonchev–Trinajstić information content (AvgIpc) is 3.15. The number of fused-ring (bicyclic) bond motifs is 1. The number of imidazole rings is 1. The molecule has 1 aliphatic rings. The van der Waals surface area contributed by atoms with Gasteiger partial charge in [0.15, 0.2) is 0 Å². The van der Waals surface area contributed by atoms with E-state index in [9.17, 15) is 9.90 Å². The van der Waals surface area contributed by atoms with Gasteiger partial charge in [-0.05, 0) is 24.8 Å². The van der Waals surface area contributed by atoms with Gasteiger partial charge in [0.05, 0.1) is 18.3 Å². The Labute approximate surface area is 138 Å². The highest BCUT2D eigenvalue weighted by molar-refractivity contribution is 5.93. The molecule has 124 valence electrons. The Kier molecular flexibility index (Phi) is 3.53. The summed E-state index contributed by atoms with van der Waals surface area (Å²) in [5.74, 6) is 0.429. The van der Waals surface area contributed by atoms with E-state index in [0.29, 0.717) is 24.3 Å². The van der Waals surface area contributed by atoms with E-state index in [-0.39, 0.29) is 24.0 Å². The Morgan fingerprint density at radius 2 is 2.25 bits per heavy atom. The van der Waals surface area contributed by atoms with E-state index in [0.717, 1.165) is 5.56 Å². The zero-order chi connectivity index (χ0) is 16.7. The Bertz CT molecular complexity index is 846. The fraction of sp³-hybridized carbons (Fsp3) is 0.375. The summed E-state index contributed by atoms with van der Waals surface area (Å²) >= 11 is 0. The van der Waals surface area contributed by atoms with Gasteiger partial charge in [0.2, 0.25) is 5.78 Å². The first-order valence-electron chi connectivity index (χ1n) is 7.87. The molecular weight excluding hydrogens is 308 g/mol. The average molecular weight is 326 g/mol. The molecule has 0 saturated heterocycles. The number of hydrogen-bond acceptors (Lipinski definition) is 5. The van der Waals surface area contributed by atoms with Gasteiger partial charge in [-0.25, -0.2) is 9.97 Å². The number of carbonyl (C=O) groups excluding carboxylic acids is 1. The first-order chi connectivity index (χ1) is 11.6. The van der Waals surface area contributed by atoms with Crippen molar-refractivity contribution in [2.75, 3.05) is 0 Å². The van der Waals surface area contributed by atoms with Gasteiger partial charge in [-0.2, -0.15) is 5.10 Å². The maximum Gasteiger partial charge on any atom is 0.272 e. The predicted octanol–water partition coefficient (Wildman–Crippen LogP) is 0.705. The van der Waals surface area contributed by atoms with Crippen LogP contribution in [0, 0.1) is 5.92 Å². The van der Waals surface area contributed by atoms with Gasteiger partial charge in [0, 0.05) is 37.4 Å². The number of rotatable bonds is 4. The number of aryl methyl sites for hydroxylation is 1. The monoisotopic (exact) mass is 326 g/mol. The molecule has 0 radical (unpaired) electrons. The van der Waals surface area contributed by atoms with Crippen LogP contribution in [0.4, 0.5) is 0 Å². The molecule has 0 unspecified atom stereocenters. The summed E-state index contributed by atoms with van der Waals surface area (Å²) < 4.78 is 3.42. The van der Waals surface area contributed by atoms with Gasteiger partial charge >= 0.3 is 0 Å². The Morgan fingerprint density at radius 1 is 1.42 bits per heavy atom. The summed E-state index contributed by atoms with van der Waals surface area (Å²) in [6.07, 6.45) is 9.80.